The molecule has 1 aliphatic heterocycles. The lowest BCUT2D eigenvalue weighted by Crippen LogP contribution is -3.17. The third-order valence-electron chi connectivity index (χ3n) is 5.59. The van der Waals surface area contributed by atoms with Crippen LogP contribution in [0.25, 0.3) is 10.9 Å². The molecule has 3 rings (SSSR count). The number of piperidine rings is 1. The van der Waals surface area contributed by atoms with Crippen LogP contribution in [-0.4, -0.2) is 44.8 Å². The third kappa shape index (κ3) is 3.88. The molecule has 5 heteroatoms. The van der Waals surface area contributed by atoms with Gasteiger partial charge in [0.15, 0.2) is 5.43 Å². The Morgan fingerprint density at radius 3 is 2.72 bits per heavy atom. The van der Waals surface area contributed by atoms with Crippen LogP contribution in [0.5, 0.6) is 5.75 Å². The Bertz CT molecular complexity index is 791. The average molecular weight is 345 g/mol. The van der Waals surface area contributed by atoms with Crippen LogP contribution in [0, 0.1) is 6.92 Å². The number of H-pyrrole nitrogens is 1. The summed E-state index contributed by atoms with van der Waals surface area (Å²) >= 11 is 0. The molecule has 0 aliphatic carbocycles. The number of aryl methyl sites for hydroxylation is 1. The molecule has 25 heavy (non-hydrogen) atoms. The highest BCUT2D eigenvalue weighted by Gasteiger charge is 2.27. The molecule has 3 N–H and O–H groups in total. The van der Waals surface area contributed by atoms with Gasteiger partial charge in [-0.05, 0) is 32.0 Å². The zero-order valence-corrected chi connectivity index (χ0v) is 15.9. The highest BCUT2D eigenvalue weighted by molar-refractivity contribution is 5.81. The summed E-state index contributed by atoms with van der Waals surface area (Å²) in [6.45, 7) is 7.81. The molecule has 5 nitrogen and oxygen atoms in total. The number of nitrogens with one attached hydrogen (secondary N) is 3. The maximum atomic E-state index is 13.1. The minimum absolute atomic E-state index is 0.144. The van der Waals surface area contributed by atoms with Crippen molar-refractivity contribution in [2.24, 2.45) is 0 Å². The van der Waals surface area contributed by atoms with E-state index in [1.54, 1.807) is 4.90 Å². The summed E-state index contributed by atoms with van der Waals surface area (Å²) < 4.78 is 5.57. The molecule has 0 radical (unpaired) electrons. The lowest BCUT2D eigenvalue weighted by Gasteiger charge is -2.30. The Balaban J connectivity index is 1.88. The van der Waals surface area contributed by atoms with Gasteiger partial charge in [0, 0.05) is 29.4 Å². The Kier molecular flexibility index (Phi) is 5.45. The minimum atomic E-state index is 0.144. The van der Waals surface area contributed by atoms with E-state index in [2.05, 4.69) is 19.1 Å². The molecule has 1 unspecified atom stereocenters. The van der Waals surface area contributed by atoms with E-state index < -0.39 is 0 Å². The van der Waals surface area contributed by atoms with Crippen molar-refractivity contribution in [2.45, 2.75) is 39.3 Å². The lowest BCUT2D eigenvalue weighted by atomic mass is 10.0. The predicted molar refractivity (Wildman–Crippen MR) is 101 cm³/mol. The fourth-order valence-electron chi connectivity index (χ4n) is 3.93. The van der Waals surface area contributed by atoms with Crippen LogP contribution >= 0.6 is 0 Å². The van der Waals surface area contributed by atoms with Gasteiger partial charge in [-0.25, -0.2) is 0 Å². The number of aromatic amines is 1. The number of fused-ring (bicyclic) bond motifs is 1. The van der Waals surface area contributed by atoms with Gasteiger partial charge in [0.2, 0.25) is 0 Å². The van der Waals surface area contributed by atoms with E-state index in [1.165, 1.54) is 30.8 Å². The Labute approximate surface area is 149 Å². The van der Waals surface area contributed by atoms with Gasteiger partial charge in [0.05, 0.1) is 45.4 Å². The molecule has 1 atom stereocenters. The van der Waals surface area contributed by atoms with Crippen molar-refractivity contribution in [3.8, 4) is 5.75 Å². The smallest absolute Gasteiger partial charge is 0.198 e. The zero-order chi connectivity index (χ0) is 18.0. The molecule has 1 aromatic heterocycles. The molecule has 1 aromatic carbocycles. The molecular formula is C20H31N3O2+2. The predicted octanol–water partition coefficient (Wildman–Crippen LogP) is -0.0730. The minimum Gasteiger partial charge on any atom is -0.494 e. The van der Waals surface area contributed by atoms with Gasteiger partial charge in [0.1, 0.15) is 12.3 Å². The van der Waals surface area contributed by atoms with E-state index >= 15 is 0 Å². The number of likely N-dealkylation sites (tertiary alicyclic amines) is 1. The summed E-state index contributed by atoms with van der Waals surface area (Å²) in [5.74, 6) is 0.759. The Morgan fingerprint density at radius 1 is 1.32 bits per heavy atom. The fraction of sp³-hybridized carbons (Fsp3) is 0.550. The van der Waals surface area contributed by atoms with Crippen LogP contribution in [0.1, 0.15) is 31.0 Å². The van der Waals surface area contributed by atoms with Crippen molar-refractivity contribution in [1.82, 2.24) is 4.98 Å². The van der Waals surface area contributed by atoms with Gasteiger partial charge in [-0.2, -0.15) is 0 Å². The SMILES string of the molecule is CCOc1ccc2[nH]c(C)c(C[NH+](C)C3CC[NH+](C)CC3)c(=O)c2c1. The third-order valence-corrected chi connectivity index (χ3v) is 5.59. The van der Waals surface area contributed by atoms with Gasteiger partial charge in [-0.15, -0.1) is 0 Å². The molecule has 0 bridgehead atoms. The maximum absolute atomic E-state index is 13.1. The van der Waals surface area contributed by atoms with E-state index in [1.807, 2.05) is 32.0 Å². The van der Waals surface area contributed by atoms with Crippen molar-refractivity contribution in [3.63, 3.8) is 0 Å². The van der Waals surface area contributed by atoms with Crippen molar-refractivity contribution in [3.05, 3.63) is 39.7 Å². The van der Waals surface area contributed by atoms with E-state index in [-0.39, 0.29) is 5.43 Å². The first-order valence-corrected chi connectivity index (χ1v) is 9.41. The Hall–Kier alpha value is -1.85. The number of quaternary nitrogens is 2. The van der Waals surface area contributed by atoms with E-state index in [9.17, 15) is 4.79 Å². The summed E-state index contributed by atoms with van der Waals surface area (Å²) in [4.78, 5) is 19.6. The summed E-state index contributed by atoms with van der Waals surface area (Å²) in [6.07, 6.45) is 2.47. The van der Waals surface area contributed by atoms with E-state index in [0.29, 0.717) is 12.6 Å². The van der Waals surface area contributed by atoms with Crippen LogP contribution in [0.3, 0.4) is 0 Å². The number of aromatic nitrogens is 1. The quantitative estimate of drug-likeness (QED) is 0.710. The van der Waals surface area contributed by atoms with Gasteiger partial charge in [0.25, 0.3) is 0 Å². The first-order valence-electron chi connectivity index (χ1n) is 9.41. The van der Waals surface area contributed by atoms with Gasteiger partial charge in [-0.3, -0.25) is 4.79 Å². The van der Waals surface area contributed by atoms with Gasteiger partial charge < -0.3 is 19.5 Å². The van der Waals surface area contributed by atoms with Crippen LogP contribution in [0.2, 0.25) is 0 Å². The second kappa shape index (κ2) is 7.58. The van der Waals surface area contributed by atoms with Crippen molar-refractivity contribution in [1.29, 1.82) is 0 Å². The van der Waals surface area contributed by atoms with Gasteiger partial charge >= 0.3 is 0 Å². The first-order chi connectivity index (χ1) is 12.0. The molecule has 0 saturated carbocycles. The van der Waals surface area contributed by atoms with Crippen LogP contribution in [-0.2, 0) is 6.54 Å². The normalized spacial score (nSPS) is 22.1. The van der Waals surface area contributed by atoms with Gasteiger partial charge in [-0.1, -0.05) is 0 Å². The number of rotatable bonds is 5. The van der Waals surface area contributed by atoms with Crippen molar-refractivity contribution in [2.75, 3.05) is 33.8 Å². The number of benzene rings is 1. The largest absolute Gasteiger partial charge is 0.494 e. The standard InChI is InChI=1S/C20H29N3O2/c1-5-25-16-6-7-19-17(12-16)20(24)18(14(2)21-19)13-23(4)15-8-10-22(3)11-9-15/h6-7,12,15H,5,8-11,13H2,1-4H3,(H,21,24)/p+2. The number of hydrogen-bond donors (Lipinski definition) is 3. The lowest BCUT2D eigenvalue weighted by molar-refractivity contribution is -0.948. The van der Waals surface area contributed by atoms with Crippen molar-refractivity contribution >= 4 is 10.9 Å². The fourth-order valence-corrected chi connectivity index (χ4v) is 3.93. The molecule has 2 heterocycles. The number of ether oxygens (including phenoxy) is 1. The van der Waals surface area contributed by atoms with Crippen LogP contribution in [0.4, 0.5) is 0 Å². The molecule has 0 amide bonds. The monoisotopic (exact) mass is 345 g/mol. The summed E-state index contributed by atoms with van der Waals surface area (Å²) in [6, 6.07) is 6.37. The summed E-state index contributed by atoms with van der Waals surface area (Å²) in [5, 5.41) is 0.729. The summed E-state index contributed by atoms with van der Waals surface area (Å²) in [5.41, 5.74) is 2.92. The Morgan fingerprint density at radius 2 is 2.04 bits per heavy atom. The molecule has 1 fully saturated rings. The number of hydrogen-bond acceptors (Lipinski definition) is 2. The molecular weight excluding hydrogens is 314 g/mol. The maximum Gasteiger partial charge on any atom is 0.198 e. The topological polar surface area (TPSA) is 51.0 Å². The second-order valence-corrected chi connectivity index (χ2v) is 7.45. The molecule has 1 saturated heterocycles. The molecule has 2 aromatic rings. The average Bonchev–Trinajstić information content (AvgIpc) is 2.60. The zero-order valence-electron chi connectivity index (χ0n) is 15.9. The van der Waals surface area contributed by atoms with Crippen molar-refractivity contribution < 1.29 is 14.5 Å². The first kappa shape index (κ1) is 18.0. The molecule has 1 aliphatic rings. The number of pyridine rings is 1. The van der Waals surface area contributed by atoms with Crippen LogP contribution < -0.4 is 20.0 Å². The highest BCUT2D eigenvalue weighted by atomic mass is 16.5. The van der Waals surface area contributed by atoms with E-state index in [0.717, 1.165) is 34.5 Å². The molecule has 136 valence electrons. The van der Waals surface area contributed by atoms with Crippen LogP contribution in [0.15, 0.2) is 23.0 Å². The van der Waals surface area contributed by atoms with E-state index in [4.69, 9.17) is 4.74 Å². The highest BCUT2D eigenvalue weighted by Crippen LogP contribution is 2.18. The second-order valence-electron chi connectivity index (χ2n) is 7.45. The summed E-state index contributed by atoms with van der Waals surface area (Å²) in [7, 11) is 4.49. The molecule has 0 spiro atoms.